The van der Waals surface area contributed by atoms with Crippen LogP contribution >= 0.6 is 0 Å². The highest BCUT2D eigenvalue weighted by Crippen LogP contribution is 2.28. The number of hydrogen-bond donors (Lipinski definition) is 2. The van der Waals surface area contributed by atoms with Gasteiger partial charge in [-0.05, 0) is 67.3 Å². The van der Waals surface area contributed by atoms with Crippen LogP contribution in [0.4, 0.5) is 5.69 Å². The lowest BCUT2D eigenvalue weighted by atomic mass is 9.92. The molecule has 2 aromatic carbocycles. The first-order valence-corrected chi connectivity index (χ1v) is 7.15. The molecule has 1 aliphatic heterocycles. The number of rotatable bonds is 3. The van der Waals surface area contributed by atoms with Crippen molar-refractivity contribution in [2.45, 2.75) is 18.8 Å². The Morgan fingerprint density at radius 1 is 1.05 bits per heavy atom. The third-order valence-electron chi connectivity index (χ3n) is 3.74. The van der Waals surface area contributed by atoms with Crippen molar-refractivity contribution in [2.24, 2.45) is 0 Å². The van der Waals surface area contributed by atoms with Crippen LogP contribution in [0, 0.1) is 0 Å². The maximum atomic E-state index is 5.89. The SMILES string of the molecule is Nc1ccc(Oc2cccc(C3CCCNC3)c2)cc1. The molecule has 3 nitrogen and oxygen atoms in total. The van der Waals surface area contributed by atoms with Gasteiger partial charge in [-0.2, -0.15) is 0 Å². The van der Waals surface area contributed by atoms with Crippen LogP contribution in [0.2, 0.25) is 0 Å². The molecule has 1 heterocycles. The number of hydrogen-bond acceptors (Lipinski definition) is 3. The van der Waals surface area contributed by atoms with E-state index in [0.717, 1.165) is 30.3 Å². The maximum absolute atomic E-state index is 5.89. The zero-order chi connectivity index (χ0) is 13.8. The first-order chi connectivity index (χ1) is 9.81. The molecular weight excluding hydrogens is 248 g/mol. The van der Waals surface area contributed by atoms with Gasteiger partial charge in [-0.1, -0.05) is 12.1 Å². The van der Waals surface area contributed by atoms with Crippen LogP contribution in [0.15, 0.2) is 48.5 Å². The van der Waals surface area contributed by atoms with E-state index in [1.807, 2.05) is 30.3 Å². The van der Waals surface area contributed by atoms with E-state index in [4.69, 9.17) is 10.5 Å². The molecule has 104 valence electrons. The average Bonchev–Trinajstić information content (AvgIpc) is 2.51. The van der Waals surface area contributed by atoms with Crippen LogP contribution in [0.1, 0.15) is 24.3 Å². The van der Waals surface area contributed by atoms with Gasteiger partial charge in [0.15, 0.2) is 0 Å². The fourth-order valence-electron chi connectivity index (χ4n) is 2.64. The molecule has 2 aromatic rings. The van der Waals surface area contributed by atoms with Crippen LogP contribution < -0.4 is 15.8 Å². The van der Waals surface area contributed by atoms with Crippen molar-refractivity contribution < 1.29 is 4.74 Å². The van der Waals surface area contributed by atoms with Gasteiger partial charge >= 0.3 is 0 Å². The quantitative estimate of drug-likeness (QED) is 0.837. The van der Waals surface area contributed by atoms with Gasteiger partial charge in [-0.25, -0.2) is 0 Å². The summed E-state index contributed by atoms with van der Waals surface area (Å²) >= 11 is 0. The van der Waals surface area contributed by atoms with Gasteiger partial charge in [0, 0.05) is 12.2 Å². The number of nitrogens with two attached hydrogens (primary N) is 1. The molecule has 1 fully saturated rings. The van der Waals surface area contributed by atoms with Crippen LogP contribution in [0.3, 0.4) is 0 Å². The second kappa shape index (κ2) is 5.97. The van der Waals surface area contributed by atoms with E-state index in [0.29, 0.717) is 5.92 Å². The molecular formula is C17H20N2O. The minimum absolute atomic E-state index is 0.596. The number of anilines is 1. The zero-order valence-corrected chi connectivity index (χ0v) is 11.5. The summed E-state index contributed by atoms with van der Waals surface area (Å²) in [7, 11) is 0. The Labute approximate surface area is 119 Å². The van der Waals surface area contributed by atoms with E-state index in [1.165, 1.54) is 18.4 Å². The molecule has 1 saturated heterocycles. The number of piperidine rings is 1. The monoisotopic (exact) mass is 268 g/mol. The van der Waals surface area contributed by atoms with Gasteiger partial charge in [0.05, 0.1) is 0 Å². The Balaban J connectivity index is 1.75. The lowest BCUT2D eigenvalue weighted by Gasteiger charge is -2.23. The number of nitrogens with one attached hydrogen (secondary N) is 1. The van der Waals surface area contributed by atoms with E-state index in [2.05, 4.69) is 23.5 Å². The smallest absolute Gasteiger partial charge is 0.127 e. The standard InChI is InChI=1S/C17H20N2O/c18-15-6-8-16(9-7-15)20-17-5-1-3-13(11-17)14-4-2-10-19-12-14/h1,3,5-9,11,14,19H,2,4,10,12,18H2. The van der Waals surface area contributed by atoms with E-state index < -0.39 is 0 Å². The summed E-state index contributed by atoms with van der Waals surface area (Å²) < 4.78 is 5.89. The van der Waals surface area contributed by atoms with E-state index >= 15 is 0 Å². The molecule has 0 amide bonds. The minimum atomic E-state index is 0.596. The van der Waals surface area contributed by atoms with E-state index in [9.17, 15) is 0 Å². The number of benzene rings is 2. The normalized spacial score (nSPS) is 18.7. The number of nitrogen functional groups attached to an aromatic ring is 1. The summed E-state index contributed by atoms with van der Waals surface area (Å²) in [6.45, 7) is 2.20. The Morgan fingerprint density at radius 3 is 2.65 bits per heavy atom. The summed E-state index contributed by atoms with van der Waals surface area (Å²) in [5.74, 6) is 2.30. The maximum Gasteiger partial charge on any atom is 0.127 e. The van der Waals surface area contributed by atoms with Crippen molar-refractivity contribution >= 4 is 5.69 Å². The molecule has 0 bridgehead atoms. The Kier molecular flexibility index (Phi) is 3.88. The highest BCUT2D eigenvalue weighted by molar-refractivity contribution is 5.43. The molecule has 0 aromatic heterocycles. The second-order valence-corrected chi connectivity index (χ2v) is 5.29. The number of ether oxygens (including phenoxy) is 1. The van der Waals surface area contributed by atoms with Crippen LogP contribution in [0.25, 0.3) is 0 Å². The molecule has 0 radical (unpaired) electrons. The summed E-state index contributed by atoms with van der Waals surface area (Å²) in [5.41, 5.74) is 7.78. The fraction of sp³-hybridized carbons (Fsp3) is 0.294. The van der Waals surface area contributed by atoms with Gasteiger partial charge in [0.25, 0.3) is 0 Å². The van der Waals surface area contributed by atoms with Gasteiger partial charge in [0.2, 0.25) is 0 Å². The second-order valence-electron chi connectivity index (χ2n) is 5.29. The lowest BCUT2D eigenvalue weighted by Crippen LogP contribution is -2.28. The van der Waals surface area contributed by atoms with Crippen molar-refractivity contribution in [1.82, 2.24) is 5.32 Å². The highest BCUT2D eigenvalue weighted by Gasteiger charge is 2.15. The molecule has 1 unspecified atom stereocenters. The van der Waals surface area contributed by atoms with Crippen molar-refractivity contribution in [1.29, 1.82) is 0 Å². The molecule has 1 atom stereocenters. The predicted molar refractivity (Wildman–Crippen MR) is 82.2 cm³/mol. The lowest BCUT2D eigenvalue weighted by molar-refractivity contribution is 0.455. The molecule has 3 heteroatoms. The summed E-state index contributed by atoms with van der Waals surface area (Å²) in [4.78, 5) is 0. The molecule has 3 rings (SSSR count). The molecule has 1 aliphatic rings. The first kappa shape index (κ1) is 13.0. The average molecular weight is 268 g/mol. The molecule has 0 spiro atoms. The third kappa shape index (κ3) is 3.11. The predicted octanol–water partition coefficient (Wildman–Crippen LogP) is 3.53. The van der Waals surface area contributed by atoms with Gasteiger partial charge < -0.3 is 15.8 Å². The molecule has 0 saturated carbocycles. The van der Waals surface area contributed by atoms with Crippen molar-refractivity contribution in [2.75, 3.05) is 18.8 Å². The van der Waals surface area contributed by atoms with Gasteiger partial charge in [0.1, 0.15) is 11.5 Å². The molecule has 3 N–H and O–H groups in total. The van der Waals surface area contributed by atoms with Crippen molar-refractivity contribution in [3.63, 3.8) is 0 Å². The summed E-state index contributed by atoms with van der Waals surface area (Å²) in [5, 5.41) is 3.45. The van der Waals surface area contributed by atoms with Crippen molar-refractivity contribution in [3.05, 3.63) is 54.1 Å². The molecule has 20 heavy (non-hydrogen) atoms. The Hall–Kier alpha value is -2.00. The summed E-state index contributed by atoms with van der Waals surface area (Å²) in [6.07, 6.45) is 2.49. The van der Waals surface area contributed by atoms with Crippen LogP contribution in [-0.2, 0) is 0 Å². The van der Waals surface area contributed by atoms with Crippen LogP contribution in [0.5, 0.6) is 11.5 Å². The van der Waals surface area contributed by atoms with Gasteiger partial charge in [-0.15, -0.1) is 0 Å². The minimum Gasteiger partial charge on any atom is -0.457 e. The highest BCUT2D eigenvalue weighted by atomic mass is 16.5. The first-order valence-electron chi connectivity index (χ1n) is 7.15. The van der Waals surface area contributed by atoms with E-state index in [-0.39, 0.29) is 0 Å². The Morgan fingerprint density at radius 2 is 1.90 bits per heavy atom. The third-order valence-corrected chi connectivity index (χ3v) is 3.74. The zero-order valence-electron chi connectivity index (χ0n) is 11.5. The van der Waals surface area contributed by atoms with Crippen molar-refractivity contribution in [3.8, 4) is 11.5 Å². The van der Waals surface area contributed by atoms with Crippen LogP contribution in [-0.4, -0.2) is 13.1 Å². The Bertz CT molecular complexity index is 559. The summed E-state index contributed by atoms with van der Waals surface area (Å²) in [6, 6.07) is 15.9. The largest absolute Gasteiger partial charge is 0.457 e. The van der Waals surface area contributed by atoms with Gasteiger partial charge in [-0.3, -0.25) is 0 Å². The molecule has 0 aliphatic carbocycles. The van der Waals surface area contributed by atoms with E-state index in [1.54, 1.807) is 0 Å². The fourth-order valence-corrected chi connectivity index (χ4v) is 2.64. The topological polar surface area (TPSA) is 47.3 Å².